The lowest BCUT2D eigenvalue weighted by Gasteiger charge is -2.31. The Kier molecular flexibility index (Phi) is 5.80. The molecule has 0 aliphatic carbocycles. The van der Waals surface area contributed by atoms with E-state index < -0.39 is 0 Å². The van der Waals surface area contributed by atoms with Crippen molar-refractivity contribution in [1.82, 2.24) is 15.1 Å². The highest BCUT2D eigenvalue weighted by atomic mass is 32.2. The molecule has 1 aliphatic heterocycles. The molecule has 7 nitrogen and oxygen atoms in total. The van der Waals surface area contributed by atoms with Gasteiger partial charge in [-0.05, 0) is 19.8 Å². The summed E-state index contributed by atoms with van der Waals surface area (Å²) < 4.78 is 5.71. The van der Waals surface area contributed by atoms with Gasteiger partial charge < -0.3 is 15.4 Å². The molecule has 21 heavy (non-hydrogen) atoms. The zero-order valence-electron chi connectivity index (χ0n) is 11.8. The number of piperidine rings is 1. The minimum Gasteiger partial charge on any atom is -0.466 e. The van der Waals surface area contributed by atoms with E-state index in [0.29, 0.717) is 29.2 Å². The van der Waals surface area contributed by atoms with Crippen LogP contribution in [0.4, 0.5) is 5.13 Å². The fourth-order valence-electron chi connectivity index (χ4n) is 2.15. The van der Waals surface area contributed by atoms with Gasteiger partial charge in [0, 0.05) is 13.1 Å². The van der Waals surface area contributed by atoms with Gasteiger partial charge in [0.15, 0.2) is 4.34 Å². The second kappa shape index (κ2) is 7.60. The molecule has 2 rings (SSSR count). The first-order valence-electron chi connectivity index (χ1n) is 6.76. The van der Waals surface area contributed by atoms with Crippen molar-refractivity contribution in [1.29, 1.82) is 0 Å². The number of amides is 1. The molecule has 0 radical (unpaired) electrons. The molecule has 1 atom stereocenters. The Labute approximate surface area is 131 Å². The Morgan fingerprint density at radius 2 is 2.33 bits per heavy atom. The molecule has 2 N–H and O–H groups in total. The third kappa shape index (κ3) is 4.57. The molecule has 0 bridgehead atoms. The largest absolute Gasteiger partial charge is 0.466 e. The van der Waals surface area contributed by atoms with Crippen molar-refractivity contribution in [3.8, 4) is 0 Å². The maximum Gasteiger partial charge on any atom is 0.310 e. The topological polar surface area (TPSA) is 98.4 Å². The van der Waals surface area contributed by atoms with E-state index in [1.54, 1.807) is 11.8 Å². The first kappa shape index (κ1) is 16.0. The van der Waals surface area contributed by atoms with Gasteiger partial charge >= 0.3 is 5.97 Å². The summed E-state index contributed by atoms with van der Waals surface area (Å²) in [6, 6.07) is 0. The summed E-state index contributed by atoms with van der Waals surface area (Å²) in [5.41, 5.74) is 5.49. The molecule has 1 saturated heterocycles. The highest BCUT2D eigenvalue weighted by molar-refractivity contribution is 8.01. The van der Waals surface area contributed by atoms with E-state index in [0.717, 1.165) is 12.8 Å². The minimum absolute atomic E-state index is 0.00256. The lowest BCUT2D eigenvalue weighted by molar-refractivity contribution is -0.151. The van der Waals surface area contributed by atoms with Crippen LogP contribution in [-0.4, -0.2) is 52.4 Å². The van der Waals surface area contributed by atoms with E-state index in [1.807, 2.05) is 0 Å². The Balaban J connectivity index is 1.82. The Bertz CT molecular complexity index is 508. The number of anilines is 1. The molecule has 2 heterocycles. The fraction of sp³-hybridized carbons (Fsp3) is 0.667. The van der Waals surface area contributed by atoms with E-state index in [9.17, 15) is 9.59 Å². The van der Waals surface area contributed by atoms with E-state index in [2.05, 4.69) is 10.2 Å². The van der Waals surface area contributed by atoms with E-state index in [-0.39, 0.29) is 23.5 Å². The number of ether oxygens (including phenoxy) is 1. The van der Waals surface area contributed by atoms with Gasteiger partial charge in [0.1, 0.15) is 0 Å². The van der Waals surface area contributed by atoms with Crippen LogP contribution in [0.3, 0.4) is 0 Å². The number of hydrogen-bond acceptors (Lipinski definition) is 8. The molecule has 1 aromatic heterocycles. The average Bonchev–Trinajstić information content (AvgIpc) is 2.91. The van der Waals surface area contributed by atoms with E-state index >= 15 is 0 Å². The molecular weight excluding hydrogens is 312 g/mol. The summed E-state index contributed by atoms with van der Waals surface area (Å²) in [5, 5.41) is 7.96. The fourth-order valence-corrected chi connectivity index (χ4v) is 3.69. The number of hydrogen-bond donors (Lipinski definition) is 1. The Morgan fingerprint density at radius 1 is 1.52 bits per heavy atom. The first-order chi connectivity index (χ1) is 10.1. The predicted octanol–water partition coefficient (Wildman–Crippen LogP) is 1.01. The molecule has 1 aliphatic rings. The molecule has 0 aromatic carbocycles. The molecule has 0 saturated carbocycles. The number of nitrogens with two attached hydrogens (primary N) is 1. The maximum atomic E-state index is 12.2. The van der Waals surface area contributed by atoms with Crippen molar-refractivity contribution < 1.29 is 14.3 Å². The summed E-state index contributed by atoms with van der Waals surface area (Å²) in [6.07, 6.45) is 1.61. The lowest BCUT2D eigenvalue weighted by atomic mass is 9.98. The monoisotopic (exact) mass is 330 g/mol. The van der Waals surface area contributed by atoms with Crippen molar-refractivity contribution in [2.75, 3.05) is 31.2 Å². The molecule has 0 unspecified atom stereocenters. The van der Waals surface area contributed by atoms with Crippen molar-refractivity contribution in [3.05, 3.63) is 0 Å². The third-order valence-corrected chi connectivity index (χ3v) is 5.01. The van der Waals surface area contributed by atoms with Gasteiger partial charge in [0.05, 0.1) is 18.3 Å². The standard InChI is InChI=1S/C12H18N4O3S2/c1-2-19-10(18)8-4-3-5-16(6-8)9(17)7-20-12-15-14-11(13)21-12/h8H,2-7H2,1H3,(H2,13,14)/t8-/m0/s1. The van der Waals surface area contributed by atoms with Crippen molar-refractivity contribution in [3.63, 3.8) is 0 Å². The summed E-state index contributed by atoms with van der Waals surface area (Å²) in [7, 11) is 0. The number of carbonyl (C=O) groups is 2. The highest BCUT2D eigenvalue weighted by Gasteiger charge is 2.29. The van der Waals surface area contributed by atoms with Gasteiger partial charge in [-0.2, -0.15) is 0 Å². The van der Waals surface area contributed by atoms with Crippen molar-refractivity contribution in [2.45, 2.75) is 24.1 Å². The molecule has 9 heteroatoms. The number of rotatable bonds is 5. The third-order valence-electron chi connectivity index (χ3n) is 3.14. The first-order valence-corrected chi connectivity index (χ1v) is 8.56. The normalized spacial score (nSPS) is 18.5. The number of aromatic nitrogens is 2. The van der Waals surface area contributed by atoms with E-state index in [1.165, 1.54) is 23.1 Å². The number of carbonyl (C=O) groups excluding carboxylic acids is 2. The van der Waals surface area contributed by atoms with Crippen molar-refractivity contribution >= 4 is 40.1 Å². The second-order valence-corrected chi connectivity index (χ2v) is 6.86. The molecule has 1 aromatic rings. The summed E-state index contributed by atoms with van der Waals surface area (Å²) in [6.45, 7) is 3.29. The number of likely N-dealkylation sites (tertiary alicyclic amines) is 1. The Hall–Kier alpha value is -1.35. The van der Waals surface area contributed by atoms with Crippen molar-refractivity contribution in [2.24, 2.45) is 5.92 Å². The zero-order chi connectivity index (χ0) is 15.2. The van der Waals surface area contributed by atoms with Crippen LogP contribution in [0.15, 0.2) is 4.34 Å². The smallest absolute Gasteiger partial charge is 0.310 e. The van der Waals surface area contributed by atoms with Gasteiger partial charge in [0.2, 0.25) is 11.0 Å². The molecule has 1 fully saturated rings. The number of nitrogen functional groups attached to an aromatic ring is 1. The van der Waals surface area contributed by atoms with Crippen LogP contribution in [0.2, 0.25) is 0 Å². The van der Waals surface area contributed by atoms with Crippen LogP contribution in [0.25, 0.3) is 0 Å². The molecular formula is C12H18N4O3S2. The quantitative estimate of drug-likeness (QED) is 0.635. The van der Waals surface area contributed by atoms with Gasteiger partial charge in [-0.3, -0.25) is 9.59 Å². The Morgan fingerprint density at radius 3 is 3.00 bits per heavy atom. The second-order valence-electron chi connectivity index (χ2n) is 4.63. The summed E-state index contributed by atoms with van der Waals surface area (Å²) in [4.78, 5) is 25.7. The van der Waals surface area contributed by atoms with Crippen LogP contribution in [0.1, 0.15) is 19.8 Å². The maximum absolute atomic E-state index is 12.2. The van der Waals surface area contributed by atoms with Gasteiger partial charge in [-0.1, -0.05) is 23.1 Å². The average molecular weight is 330 g/mol. The number of esters is 1. The molecule has 116 valence electrons. The van der Waals surface area contributed by atoms with Crippen LogP contribution >= 0.6 is 23.1 Å². The van der Waals surface area contributed by atoms with Crippen LogP contribution in [0.5, 0.6) is 0 Å². The lowest BCUT2D eigenvalue weighted by Crippen LogP contribution is -2.43. The van der Waals surface area contributed by atoms with Crippen LogP contribution in [-0.2, 0) is 14.3 Å². The van der Waals surface area contributed by atoms with Gasteiger partial charge in [0.25, 0.3) is 0 Å². The summed E-state index contributed by atoms with van der Waals surface area (Å²) in [5.74, 6) is -0.128. The van der Waals surface area contributed by atoms with E-state index in [4.69, 9.17) is 10.5 Å². The number of nitrogens with zero attached hydrogens (tertiary/aromatic N) is 3. The highest BCUT2D eigenvalue weighted by Crippen LogP contribution is 2.25. The van der Waals surface area contributed by atoms with Gasteiger partial charge in [-0.25, -0.2) is 0 Å². The minimum atomic E-state index is -0.209. The predicted molar refractivity (Wildman–Crippen MR) is 81.0 cm³/mol. The zero-order valence-corrected chi connectivity index (χ0v) is 13.4. The van der Waals surface area contributed by atoms with Crippen LogP contribution in [0, 0.1) is 5.92 Å². The molecule has 0 spiro atoms. The summed E-state index contributed by atoms with van der Waals surface area (Å²) >= 11 is 2.58. The SMILES string of the molecule is CCOC(=O)[C@H]1CCCN(C(=O)CSc2nnc(N)s2)C1. The van der Waals surface area contributed by atoms with Crippen LogP contribution < -0.4 is 5.73 Å². The molecule has 1 amide bonds. The van der Waals surface area contributed by atoms with Gasteiger partial charge in [-0.15, -0.1) is 10.2 Å². The number of thioether (sulfide) groups is 1.